The van der Waals surface area contributed by atoms with Gasteiger partial charge < -0.3 is 4.84 Å². The lowest BCUT2D eigenvalue weighted by atomic mass is 10.1. The number of oxime groups is 1. The summed E-state index contributed by atoms with van der Waals surface area (Å²) >= 11 is 5.03. The quantitative estimate of drug-likeness (QED) is 0.315. The number of hydrogen-bond acceptors (Lipinski definition) is 4. The van der Waals surface area contributed by atoms with E-state index in [1.165, 1.54) is 0 Å². The predicted octanol–water partition coefficient (Wildman–Crippen LogP) is 2.73. The Morgan fingerprint density at radius 1 is 0.850 bits per heavy atom. The normalized spacial score (nSPS) is 11.6. The maximum atomic E-state index is 11.1. The van der Waals surface area contributed by atoms with E-state index in [4.69, 9.17) is 11.6 Å². The van der Waals surface area contributed by atoms with E-state index >= 15 is 0 Å². The molecule has 0 heterocycles. The van der Waals surface area contributed by atoms with Crippen LogP contribution in [0.25, 0.3) is 11.1 Å². The average Bonchev–Trinajstić information content (AvgIpc) is 2.79. The third-order valence-electron chi connectivity index (χ3n) is 3.03. The first-order valence-electron chi connectivity index (χ1n) is 5.86. The van der Waals surface area contributed by atoms with E-state index in [1.54, 1.807) is 0 Å². The Bertz CT molecular complexity index is 705. The molecule has 2 aromatic rings. The molecule has 0 aliphatic heterocycles. The fourth-order valence-corrected chi connectivity index (χ4v) is 2.25. The summed E-state index contributed by atoms with van der Waals surface area (Å²) in [5.74, 6) is -1.19. The van der Waals surface area contributed by atoms with Crippen LogP contribution in [0.3, 0.4) is 0 Å². The topological polar surface area (TPSA) is 55.7 Å². The Morgan fingerprint density at radius 2 is 1.30 bits per heavy atom. The molecule has 0 aromatic heterocycles. The molecular weight excluding hydrogens is 278 g/mol. The minimum Gasteiger partial charge on any atom is -0.307 e. The standard InChI is InChI=1S/C15H8ClNO3/c16-14(18)15(19)20-17-13-11-7-3-1-5-9(11)10-6-2-4-8-12(10)13/h1-8H. The molecule has 0 atom stereocenters. The molecule has 0 N–H and O–H groups in total. The van der Waals surface area contributed by atoms with Crippen LogP contribution in [-0.2, 0) is 14.4 Å². The summed E-state index contributed by atoms with van der Waals surface area (Å²) in [5.41, 5.74) is 4.24. The zero-order valence-corrected chi connectivity index (χ0v) is 10.9. The number of nitrogens with zero attached hydrogens (tertiary/aromatic N) is 1. The van der Waals surface area contributed by atoms with Gasteiger partial charge in [0.15, 0.2) is 0 Å². The first kappa shape index (κ1) is 12.6. The Hall–Kier alpha value is -2.46. The minimum absolute atomic E-state index is 0.516. The average molecular weight is 286 g/mol. The molecule has 0 fully saturated rings. The molecule has 98 valence electrons. The van der Waals surface area contributed by atoms with Gasteiger partial charge in [0.05, 0.1) is 0 Å². The molecule has 1 aliphatic rings. The number of carbonyl (C=O) groups excluding carboxylic acids is 2. The number of carbonyl (C=O) groups is 2. The van der Waals surface area contributed by atoms with Crippen molar-refractivity contribution < 1.29 is 14.4 Å². The smallest absolute Gasteiger partial charge is 0.307 e. The highest BCUT2D eigenvalue weighted by atomic mass is 35.5. The molecule has 4 nitrogen and oxygen atoms in total. The summed E-state index contributed by atoms with van der Waals surface area (Å²) in [4.78, 5) is 26.3. The van der Waals surface area contributed by atoms with Gasteiger partial charge in [0.2, 0.25) is 0 Å². The van der Waals surface area contributed by atoms with E-state index in [1.807, 2.05) is 48.5 Å². The van der Waals surface area contributed by atoms with Crippen molar-refractivity contribution in [3.05, 3.63) is 59.7 Å². The Balaban J connectivity index is 2.09. The summed E-state index contributed by atoms with van der Waals surface area (Å²) in [6, 6.07) is 15.3. The van der Waals surface area contributed by atoms with Crippen LogP contribution in [0.5, 0.6) is 0 Å². The van der Waals surface area contributed by atoms with Gasteiger partial charge in [-0.2, -0.15) is 0 Å². The van der Waals surface area contributed by atoms with Crippen molar-refractivity contribution in [1.29, 1.82) is 0 Å². The minimum atomic E-state index is -1.20. The number of rotatable bonds is 2. The van der Waals surface area contributed by atoms with Crippen molar-refractivity contribution in [2.45, 2.75) is 0 Å². The maximum Gasteiger partial charge on any atom is 0.417 e. The van der Waals surface area contributed by atoms with Crippen LogP contribution in [-0.4, -0.2) is 16.9 Å². The number of hydrogen-bond donors (Lipinski definition) is 0. The van der Waals surface area contributed by atoms with Crippen molar-refractivity contribution >= 4 is 28.5 Å². The fraction of sp³-hybridized carbons (Fsp3) is 0. The van der Waals surface area contributed by atoms with Crippen molar-refractivity contribution in [3.63, 3.8) is 0 Å². The van der Waals surface area contributed by atoms with Gasteiger partial charge in [0.1, 0.15) is 5.71 Å². The van der Waals surface area contributed by atoms with Crippen LogP contribution in [0.2, 0.25) is 0 Å². The molecule has 0 unspecified atom stereocenters. The van der Waals surface area contributed by atoms with E-state index in [9.17, 15) is 9.59 Å². The van der Waals surface area contributed by atoms with E-state index in [0.29, 0.717) is 5.71 Å². The molecule has 2 aromatic carbocycles. The summed E-state index contributed by atoms with van der Waals surface area (Å²) in [7, 11) is 0. The van der Waals surface area contributed by atoms with Gasteiger partial charge in [-0.15, -0.1) is 0 Å². The maximum absolute atomic E-state index is 11.1. The second-order valence-electron chi connectivity index (χ2n) is 4.18. The third kappa shape index (κ3) is 2.00. The molecule has 3 rings (SSSR count). The highest BCUT2D eigenvalue weighted by Gasteiger charge is 2.25. The SMILES string of the molecule is O=C(Cl)C(=O)ON=C1c2ccccc2-c2ccccc21. The van der Waals surface area contributed by atoms with Crippen LogP contribution in [0.15, 0.2) is 53.7 Å². The Labute approximate surface area is 119 Å². The zero-order chi connectivity index (χ0) is 14.1. The Kier molecular flexibility index (Phi) is 3.08. The third-order valence-corrected chi connectivity index (χ3v) is 3.19. The second kappa shape index (κ2) is 4.90. The molecule has 1 aliphatic carbocycles. The summed E-state index contributed by atoms with van der Waals surface area (Å²) in [6.07, 6.45) is 0. The first-order valence-corrected chi connectivity index (χ1v) is 6.24. The number of fused-ring (bicyclic) bond motifs is 3. The predicted molar refractivity (Wildman–Crippen MR) is 74.5 cm³/mol. The summed E-state index contributed by atoms with van der Waals surface area (Å²) in [6.45, 7) is 0. The highest BCUT2D eigenvalue weighted by Crippen LogP contribution is 2.36. The molecule has 0 spiro atoms. The molecular formula is C15H8ClNO3. The van der Waals surface area contributed by atoms with Gasteiger partial charge in [-0.3, -0.25) is 4.79 Å². The van der Waals surface area contributed by atoms with Crippen LogP contribution >= 0.6 is 11.6 Å². The van der Waals surface area contributed by atoms with Gasteiger partial charge >= 0.3 is 11.2 Å². The van der Waals surface area contributed by atoms with E-state index in [0.717, 1.165) is 22.3 Å². The molecule has 0 amide bonds. The molecule has 20 heavy (non-hydrogen) atoms. The molecule has 0 saturated heterocycles. The van der Waals surface area contributed by atoms with Crippen molar-refractivity contribution in [2.24, 2.45) is 5.16 Å². The van der Waals surface area contributed by atoms with Gasteiger partial charge in [-0.25, -0.2) is 4.79 Å². The van der Waals surface area contributed by atoms with Crippen LogP contribution in [0.4, 0.5) is 0 Å². The van der Waals surface area contributed by atoms with Gasteiger partial charge in [0, 0.05) is 11.1 Å². The lowest BCUT2D eigenvalue weighted by Gasteiger charge is -1.99. The lowest BCUT2D eigenvalue weighted by Crippen LogP contribution is -2.10. The molecule has 0 bridgehead atoms. The largest absolute Gasteiger partial charge is 0.417 e. The first-order chi connectivity index (χ1) is 9.68. The van der Waals surface area contributed by atoms with Crippen LogP contribution < -0.4 is 0 Å². The van der Waals surface area contributed by atoms with Crippen LogP contribution in [0.1, 0.15) is 11.1 Å². The van der Waals surface area contributed by atoms with Gasteiger partial charge in [0.25, 0.3) is 0 Å². The highest BCUT2D eigenvalue weighted by molar-refractivity contribution is 6.80. The van der Waals surface area contributed by atoms with Gasteiger partial charge in [-0.1, -0.05) is 53.7 Å². The molecule has 5 heteroatoms. The van der Waals surface area contributed by atoms with E-state index < -0.39 is 11.2 Å². The summed E-state index contributed by atoms with van der Waals surface area (Å²) in [5, 5.41) is 2.59. The molecule has 0 radical (unpaired) electrons. The second-order valence-corrected chi connectivity index (χ2v) is 4.53. The van der Waals surface area contributed by atoms with Crippen molar-refractivity contribution in [2.75, 3.05) is 0 Å². The van der Waals surface area contributed by atoms with E-state index in [2.05, 4.69) is 9.99 Å². The summed E-state index contributed by atoms with van der Waals surface area (Å²) < 4.78 is 0. The zero-order valence-electron chi connectivity index (χ0n) is 10.2. The lowest BCUT2D eigenvalue weighted by molar-refractivity contribution is -0.150. The molecule has 0 saturated carbocycles. The number of benzene rings is 2. The monoisotopic (exact) mass is 285 g/mol. The van der Waals surface area contributed by atoms with Crippen molar-refractivity contribution in [3.8, 4) is 11.1 Å². The number of halogens is 1. The fourth-order valence-electron chi connectivity index (χ4n) is 2.22. The Morgan fingerprint density at radius 3 is 1.75 bits per heavy atom. The van der Waals surface area contributed by atoms with E-state index in [-0.39, 0.29) is 0 Å². The van der Waals surface area contributed by atoms with Crippen LogP contribution in [0, 0.1) is 0 Å². The van der Waals surface area contributed by atoms with Crippen molar-refractivity contribution in [1.82, 2.24) is 0 Å². The van der Waals surface area contributed by atoms with Gasteiger partial charge in [-0.05, 0) is 22.7 Å².